The maximum absolute atomic E-state index is 13.0. The summed E-state index contributed by atoms with van der Waals surface area (Å²) < 4.78 is 5.33. The van der Waals surface area contributed by atoms with E-state index in [0.717, 1.165) is 5.56 Å². The van der Waals surface area contributed by atoms with Crippen molar-refractivity contribution in [3.8, 4) is 0 Å². The molecule has 2 fully saturated rings. The zero-order valence-electron chi connectivity index (χ0n) is 12.5. The van der Waals surface area contributed by atoms with Crippen LogP contribution in [0, 0.1) is 0 Å². The van der Waals surface area contributed by atoms with Crippen molar-refractivity contribution >= 4 is 11.8 Å². The largest absolute Gasteiger partial charge is 0.378 e. The van der Waals surface area contributed by atoms with Gasteiger partial charge in [-0.25, -0.2) is 0 Å². The molecule has 2 heterocycles. The topological polar surface area (TPSA) is 61.9 Å². The fraction of sp³-hybridized carbons (Fsp3) is 0.500. The molecule has 1 aromatic carbocycles. The molecule has 2 amide bonds. The lowest BCUT2D eigenvalue weighted by Crippen LogP contribution is -2.54. The molecule has 6 nitrogen and oxygen atoms in total. The first-order valence-corrected chi connectivity index (χ1v) is 7.68. The first-order chi connectivity index (χ1) is 10.8. The van der Waals surface area contributed by atoms with Gasteiger partial charge in [-0.3, -0.25) is 14.5 Å². The monoisotopic (exact) mass is 303 g/mol. The Morgan fingerprint density at radius 1 is 1.14 bits per heavy atom. The normalized spacial score (nSPS) is 21.3. The number of hydrogen-bond acceptors (Lipinski definition) is 4. The molecule has 1 atom stereocenters. The van der Waals surface area contributed by atoms with Gasteiger partial charge in [0.25, 0.3) is 0 Å². The van der Waals surface area contributed by atoms with Gasteiger partial charge in [0.2, 0.25) is 11.8 Å². The van der Waals surface area contributed by atoms with Crippen molar-refractivity contribution in [2.45, 2.75) is 6.04 Å². The van der Waals surface area contributed by atoms with Crippen LogP contribution in [0.1, 0.15) is 11.6 Å². The first kappa shape index (κ1) is 15.0. The van der Waals surface area contributed by atoms with Crippen LogP contribution in [0.15, 0.2) is 30.3 Å². The summed E-state index contributed by atoms with van der Waals surface area (Å²) in [6.07, 6.45) is 0. The van der Waals surface area contributed by atoms with E-state index in [9.17, 15) is 9.59 Å². The van der Waals surface area contributed by atoms with Gasteiger partial charge in [0.1, 0.15) is 6.04 Å². The highest BCUT2D eigenvalue weighted by Gasteiger charge is 2.34. The van der Waals surface area contributed by atoms with E-state index in [0.29, 0.717) is 39.4 Å². The van der Waals surface area contributed by atoms with E-state index < -0.39 is 6.04 Å². The van der Waals surface area contributed by atoms with Crippen LogP contribution >= 0.6 is 0 Å². The van der Waals surface area contributed by atoms with Gasteiger partial charge in [-0.15, -0.1) is 0 Å². The molecule has 2 saturated heterocycles. The van der Waals surface area contributed by atoms with Crippen LogP contribution in [0.4, 0.5) is 0 Å². The SMILES string of the molecule is O=C1CN([C@@H](C(=O)N2CCOCC2)c2ccccc2)CCN1. The number of nitrogens with zero attached hydrogens (tertiary/aromatic N) is 2. The van der Waals surface area contributed by atoms with Crippen molar-refractivity contribution in [2.24, 2.45) is 0 Å². The molecule has 2 aliphatic heterocycles. The third-order valence-corrected chi connectivity index (χ3v) is 4.11. The summed E-state index contributed by atoms with van der Waals surface area (Å²) in [5.41, 5.74) is 0.939. The predicted molar refractivity (Wildman–Crippen MR) is 81.2 cm³/mol. The average molecular weight is 303 g/mol. The van der Waals surface area contributed by atoms with E-state index >= 15 is 0 Å². The van der Waals surface area contributed by atoms with Crippen molar-refractivity contribution < 1.29 is 14.3 Å². The molecular weight excluding hydrogens is 282 g/mol. The number of rotatable bonds is 3. The van der Waals surface area contributed by atoms with Gasteiger partial charge in [-0.05, 0) is 5.56 Å². The average Bonchev–Trinajstić information content (AvgIpc) is 2.57. The molecule has 0 aromatic heterocycles. The second kappa shape index (κ2) is 6.89. The van der Waals surface area contributed by atoms with Crippen LogP contribution < -0.4 is 5.32 Å². The number of carbonyl (C=O) groups excluding carboxylic acids is 2. The van der Waals surface area contributed by atoms with Crippen molar-refractivity contribution in [1.82, 2.24) is 15.1 Å². The number of nitrogens with one attached hydrogen (secondary N) is 1. The van der Waals surface area contributed by atoms with Crippen LogP contribution in [-0.4, -0.2) is 67.6 Å². The Balaban J connectivity index is 1.85. The number of piperazine rings is 1. The molecule has 0 unspecified atom stereocenters. The fourth-order valence-electron chi connectivity index (χ4n) is 2.98. The molecule has 0 bridgehead atoms. The number of morpholine rings is 1. The summed E-state index contributed by atoms with van der Waals surface area (Å²) in [4.78, 5) is 28.5. The Morgan fingerprint density at radius 2 is 1.86 bits per heavy atom. The van der Waals surface area contributed by atoms with Crippen LogP contribution in [0.2, 0.25) is 0 Å². The van der Waals surface area contributed by atoms with Crippen molar-refractivity contribution in [3.63, 3.8) is 0 Å². The van der Waals surface area contributed by atoms with E-state index in [4.69, 9.17) is 4.74 Å². The number of ether oxygens (including phenoxy) is 1. The smallest absolute Gasteiger partial charge is 0.244 e. The number of carbonyl (C=O) groups is 2. The molecule has 1 aromatic rings. The first-order valence-electron chi connectivity index (χ1n) is 7.68. The zero-order chi connectivity index (χ0) is 15.4. The minimum absolute atomic E-state index is 0.0260. The van der Waals surface area contributed by atoms with Crippen LogP contribution in [0.25, 0.3) is 0 Å². The highest BCUT2D eigenvalue weighted by atomic mass is 16.5. The van der Waals surface area contributed by atoms with E-state index in [1.165, 1.54) is 0 Å². The zero-order valence-corrected chi connectivity index (χ0v) is 12.5. The minimum Gasteiger partial charge on any atom is -0.378 e. The molecule has 0 aliphatic carbocycles. The summed E-state index contributed by atoms with van der Waals surface area (Å²) in [6.45, 7) is 3.90. The Morgan fingerprint density at radius 3 is 2.55 bits per heavy atom. The minimum atomic E-state index is -0.398. The molecule has 0 spiro atoms. The summed E-state index contributed by atoms with van der Waals surface area (Å²) in [5, 5.41) is 2.81. The number of hydrogen-bond donors (Lipinski definition) is 1. The quantitative estimate of drug-likeness (QED) is 0.855. The second-order valence-electron chi connectivity index (χ2n) is 5.57. The van der Waals surface area contributed by atoms with Gasteiger partial charge in [0, 0.05) is 26.2 Å². The fourth-order valence-corrected chi connectivity index (χ4v) is 2.98. The molecule has 118 valence electrons. The molecule has 0 saturated carbocycles. The van der Waals surface area contributed by atoms with Crippen molar-refractivity contribution in [1.29, 1.82) is 0 Å². The van der Waals surface area contributed by atoms with Crippen molar-refractivity contribution in [3.05, 3.63) is 35.9 Å². The lowest BCUT2D eigenvalue weighted by Gasteiger charge is -2.37. The van der Waals surface area contributed by atoms with E-state index in [2.05, 4.69) is 5.32 Å². The molecular formula is C16H21N3O3. The highest BCUT2D eigenvalue weighted by Crippen LogP contribution is 2.24. The molecule has 22 heavy (non-hydrogen) atoms. The summed E-state index contributed by atoms with van der Waals surface area (Å²) >= 11 is 0. The van der Waals surface area contributed by atoms with Gasteiger partial charge in [0.15, 0.2) is 0 Å². The van der Waals surface area contributed by atoms with Gasteiger partial charge >= 0.3 is 0 Å². The van der Waals surface area contributed by atoms with E-state index in [1.807, 2.05) is 40.1 Å². The lowest BCUT2D eigenvalue weighted by molar-refractivity contribution is -0.143. The maximum Gasteiger partial charge on any atom is 0.244 e. The lowest BCUT2D eigenvalue weighted by atomic mass is 10.0. The summed E-state index contributed by atoms with van der Waals surface area (Å²) in [5.74, 6) is 0.0335. The van der Waals surface area contributed by atoms with Crippen molar-refractivity contribution in [2.75, 3.05) is 45.9 Å². The maximum atomic E-state index is 13.0. The number of benzene rings is 1. The van der Waals surface area contributed by atoms with E-state index in [-0.39, 0.29) is 18.4 Å². The second-order valence-corrected chi connectivity index (χ2v) is 5.57. The van der Waals surface area contributed by atoms with E-state index in [1.54, 1.807) is 0 Å². The van der Waals surface area contributed by atoms with Gasteiger partial charge < -0.3 is 15.0 Å². The highest BCUT2D eigenvalue weighted by molar-refractivity contribution is 5.85. The van der Waals surface area contributed by atoms with Gasteiger partial charge in [-0.2, -0.15) is 0 Å². The summed E-state index contributed by atoms with van der Waals surface area (Å²) in [7, 11) is 0. The third kappa shape index (κ3) is 3.28. The Kier molecular flexibility index (Phi) is 4.70. The van der Waals surface area contributed by atoms with Gasteiger partial charge in [-0.1, -0.05) is 30.3 Å². The number of amides is 2. The predicted octanol–water partition coefficient (Wildman–Crippen LogP) is 0.0183. The molecule has 1 N–H and O–H groups in total. The van der Waals surface area contributed by atoms with Gasteiger partial charge in [0.05, 0.1) is 19.8 Å². The standard InChI is InChI=1S/C16H21N3O3/c20-14-12-19(7-6-17-14)15(13-4-2-1-3-5-13)16(21)18-8-10-22-11-9-18/h1-5,15H,6-12H2,(H,17,20)/t15-/m1/s1. The molecule has 6 heteroatoms. The van der Waals surface area contributed by atoms with Crippen LogP contribution in [-0.2, 0) is 14.3 Å². The molecule has 2 aliphatic rings. The Hall–Kier alpha value is -1.92. The van der Waals surface area contributed by atoms with Crippen LogP contribution in [0.5, 0.6) is 0 Å². The molecule has 3 rings (SSSR count). The Labute approximate surface area is 130 Å². The summed E-state index contributed by atoms with van der Waals surface area (Å²) in [6, 6.07) is 9.30. The molecule has 0 radical (unpaired) electrons. The third-order valence-electron chi connectivity index (χ3n) is 4.11. The van der Waals surface area contributed by atoms with Crippen LogP contribution in [0.3, 0.4) is 0 Å². The Bertz CT molecular complexity index is 529.